The van der Waals surface area contributed by atoms with Crippen LogP contribution in [0.1, 0.15) is 24.2 Å². The van der Waals surface area contributed by atoms with Crippen molar-refractivity contribution >= 4 is 28.7 Å². The Balaban J connectivity index is 1.71. The quantitative estimate of drug-likeness (QED) is 0.925. The van der Waals surface area contributed by atoms with Crippen LogP contribution in [-0.2, 0) is 4.74 Å². The maximum Gasteiger partial charge on any atom is 0.254 e. The first-order valence-electron chi connectivity index (χ1n) is 7.39. The van der Waals surface area contributed by atoms with Crippen LogP contribution in [0.2, 0.25) is 0 Å². The van der Waals surface area contributed by atoms with E-state index < -0.39 is 0 Å². The summed E-state index contributed by atoms with van der Waals surface area (Å²) in [5, 5.41) is 3.12. The molecule has 3 rings (SSSR count). The third-order valence-corrected chi connectivity index (χ3v) is 4.25. The highest BCUT2D eigenvalue weighted by atomic mass is 32.1. The molecule has 1 fully saturated rings. The van der Waals surface area contributed by atoms with Gasteiger partial charge >= 0.3 is 0 Å². The predicted octanol–water partition coefficient (Wildman–Crippen LogP) is 1.53. The molecule has 118 valence electrons. The Labute approximate surface area is 133 Å². The molecular weight excluding hydrogens is 300 g/mol. The Morgan fingerprint density at radius 3 is 2.91 bits per heavy atom. The zero-order chi connectivity index (χ0) is 15.6. The van der Waals surface area contributed by atoms with Gasteiger partial charge in [-0.1, -0.05) is 6.07 Å². The molecule has 2 aromatic rings. The third kappa shape index (κ3) is 3.43. The molecule has 7 heteroatoms. The summed E-state index contributed by atoms with van der Waals surface area (Å²) >= 11 is 1.13. The van der Waals surface area contributed by atoms with Gasteiger partial charge in [-0.15, -0.1) is 0 Å². The van der Waals surface area contributed by atoms with Crippen LogP contribution in [-0.4, -0.2) is 57.9 Å². The number of nitrogens with zero attached hydrogens (tertiary/aromatic N) is 3. The number of amides is 1. The molecular formula is C15H20N4O2S. The molecule has 1 saturated heterocycles. The lowest BCUT2D eigenvalue weighted by Crippen LogP contribution is -2.53. The SMILES string of the molecule is CC(C)(CN1CCOCC1)NC(=O)c1cccc2nsnc12. The summed E-state index contributed by atoms with van der Waals surface area (Å²) in [6, 6.07) is 5.51. The van der Waals surface area contributed by atoms with Gasteiger partial charge in [-0.25, -0.2) is 0 Å². The van der Waals surface area contributed by atoms with Gasteiger partial charge in [-0.3, -0.25) is 9.69 Å². The van der Waals surface area contributed by atoms with Crippen LogP contribution in [0.4, 0.5) is 0 Å². The number of carbonyl (C=O) groups excluding carboxylic acids is 1. The first-order chi connectivity index (χ1) is 10.6. The Morgan fingerprint density at radius 2 is 2.14 bits per heavy atom. The second-order valence-corrected chi connectivity index (χ2v) is 6.69. The molecule has 0 aliphatic carbocycles. The number of benzene rings is 1. The molecule has 0 radical (unpaired) electrons. The van der Waals surface area contributed by atoms with Crippen LogP contribution in [0.5, 0.6) is 0 Å². The summed E-state index contributed by atoms with van der Waals surface area (Å²) in [4.78, 5) is 14.9. The Kier molecular flexibility index (Phi) is 4.37. The monoisotopic (exact) mass is 320 g/mol. The summed E-state index contributed by atoms with van der Waals surface area (Å²) in [6.07, 6.45) is 0. The van der Waals surface area contributed by atoms with E-state index in [1.54, 1.807) is 6.07 Å². The molecule has 1 aliphatic heterocycles. The van der Waals surface area contributed by atoms with Gasteiger partial charge in [0, 0.05) is 25.2 Å². The zero-order valence-electron chi connectivity index (χ0n) is 12.8. The van der Waals surface area contributed by atoms with Crippen molar-refractivity contribution in [1.29, 1.82) is 0 Å². The second kappa shape index (κ2) is 6.28. The topological polar surface area (TPSA) is 67.3 Å². The number of morpholine rings is 1. The average Bonchev–Trinajstić information content (AvgIpc) is 2.95. The molecule has 0 atom stereocenters. The lowest BCUT2D eigenvalue weighted by Gasteiger charge is -2.35. The van der Waals surface area contributed by atoms with E-state index in [4.69, 9.17) is 4.74 Å². The molecule has 2 heterocycles. The van der Waals surface area contributed by atoms with E-state index in [0.29, 0.717) is 11.1 Å². The molecule has 1 amide bonds. The number of fused-ring (bicyclic) bond motifs is 1. The van der Waals surface area contributed by atoms with Crippen molar-refractivity contribution in [2.45, 2.75) is 19.4 Å². The van der Waals surface area contributed by atoms with Crippen LogP contribution in [0.3, 0.4) is 0 Å². The number of hydrogen-bond donors (Lipinski definition) is 1. The van der Waals surface area contributed by atoms with Crippen molar-refractivity contribution in [2.24, 2.45) is 0 Å². The number of hydrogen-bond acceptors (Lipinski definition) is 6. The van der Waals surface area contributed by atoms with Crippen molar-refractivity contribution in [3.8, 4) is 0 Å². The molecule has 1 N–H and O–H groups in total. The Hall–Kier alpha value is -1.57. The fraction of sp³-hybridized carbons (Fsp3) is 0.533. The average molecular weight is 320 g/mol. The highest BCUT2D eigenvalue weighted by Gasteiger charge is 2.26. The minimum atomic E-state index is -0.319. The van der Waals surface area contributed by atoms with Crippen molar-refractivity contribution in [1.82, 2.24) is 19.0 Å². The molecule has 0 spiro atoms. The van der Waals surface area contributed by atoms with E-state index in [-0.39, 0.29) is 11.4 Å². The van der Waals surface area contributed by atoms with Gasteiger partial charge in [0.25, 0.3) is 5.91 Å². The highest BCUT2D eigenvalue weighted by molar-refractivity contribution is 7.00. The van der Waals surface area contributed by atoms with Crippen molar-refractivity contribution < 1.29 is 9.53 Å². The largest absolute Gasteiger partial charge is 0.379 e. The molecule has 0 bridgehead atoms. The minimum Gasteiger partial charge on any atom is -0.379 e. The smallest absolute Gasteiger partial charge is 0.254 e. The van der Waals surface area contributed by atoms with E-state index >= 15 is 0 Å². The first kappa shape index (κ1) is 15.3. The van der Waals surface area contributed by atoms with Crippen LogP contribution < -0.4 is 5.32 Å². The second-order valence-electron chi connectivity index (χ2n) is 6.16. The Bertz CT molecular complexity index is 664. The van der Waals surface area contributed by atoms with E-state index in [1.165, 1.54) is 0 Å². The van der Waals surface area contributed by atoms with Crippen molar-refractivity contribution in [2.75, 3.05) is 32.8 Å². The van der Waals surface area contributed by atoms with Crippen LogP contribution in [0, 0.1) is 0 Å². The summed E-state index contributed by atoms with van der Waals surface area (Å²) in [5.74, 6) is -0.100. The third-order valence-electron chi connectivity index (χ3n) is 3.71. The number of aromatic nitrogens is 2. The van der Waals surface area contributed by atoms with Gasteiger partial charge in [0.1, 0.15) is 11.0 Å². The molecule has 1 aromatic carbocycles. The summed E-state index contributed by atoms with van der Waals surface area (Å²) in [5.41, 5.74) is 1.71. The number of carbonyl (C=O) groups is 1. The number of rotatable bonds is 4. The maximum atomic E-state index is 12.6. The van der Waals surface area contributed by atoms with Gasteiger partial charge in [-0.05, 0) is 26.0 Å². The Morgan fingerprint density at radius 1 is 1.36 bits per heavy atom. The number of nitrogens with one attached hydrogen (secondary N) is 1. The van der Waals surface area contributed by atoms with Crippen LogP contribution in [0.25, 0.3) is 11.0 Å². The summed E-state index contributed by atoms with van der Waals surface area (Å²) in [6.45, 7) is 8.21. The van der Waals surface area contributed by atoms with E-state index in [2.05, 4.69) is 19.0 Å². The van der Waals surface area contributed by atoms with Crippen molar-refractivity contribution in [3.63, 3.8) is 0 Å². The van der Waals surface area contributed by atoms with Gasteiger partial charge in [0.05, 0.1) is 30.5 Å². The molecule has 1 aromatic heterocycles. The van der Waals surface area contributed by atoms with Gasteiger partial charge in [0.15, 0.2) is 0 Å². The van der Waals surface area contributed by atoms with E-state index in [9.17, 15) is 4.79 Å². The molecule has 0 saturated carbocycles. The van der Waals surface area contributed by atoms with Crippen LogP contribution in [0.15, 0.2) is 18.2 Å². The standard InChI is InChI=1S/C15H20N4O2S/c1-15(2,10-19-6-8-21-9-7-19)16-14(20)11-4-3-5-12-13(11)18-22-17-12/h3-5H,6-10H2,1-2H3,(H,16,20). The van der Waals surface area contributed by atoms with Gasteiger partial charge in [0.2, 0.25) is 0 Å². The predicted molar refractivity (Wildman–Crippen MR) is 86.2 cm³/mol. The first-order valence-corrected chi connectivity index (χ1v) is 8.12. The van der Waals surface area contributed by atoms with Crippen LogP contribution >= 0.6 is 11.7 Å². The molecule has 1 aliphatic rings. The van der Waals surface area contributed by atoms with E-state index in [0.717, 1.165) is 50.1 Å². The maximum absolute atomic E-state index is 12.6. The molecule has 0 unspecified atom stereocenters. The summed E-state index contributed by atoms with van der Waals surface area (Å²) in [7, 11) is 0. The fourth-order valence-electron chi connectivity index (χ4n) is 2.72. The molecule has 6 nitrogen and oxygen atoms in total. The fourth-order valence-corrected chi connectivity index (χ4v) is 3.27. The minimum absolute atomic E-state index is 0.100. The normalized spacial score (nSPS) is 16.8. The van der Waals surface area contributed by atoms with Gasteiger partial charge < -0.3 is 10.1 Å². The van der Waals surface area contributed by atoms with E-state index in [1.807, 2.05) is 26.0 Å². The lowest BCUT2D eigenvalue weighted by atomic mass is 10.0. The zero-order valence-corrected chi connectivity index (χ0v) is 13.7. The number of ether oxygens (including phenoxy) is 1. The molecule has 22 heavy (non-hydrogen) atoms. The van der Waals surface area contributed by atoms with Crippen molar-refractivity contribution in [3.05, 3.63) is 23.8 Å². The lowest BCUT2D eigenvalue weighted by molar-refractivity contribution is 0.0269. The highest BCUT2D eigenvalue weighted by Crippen LogP contribution is 2.17. The summed E-state index contributed by atoms with van der Waals surface area (Å²) < 4.78 is 13.8. The van der Waals surface area contributed by atoms with Gasteiger partial charge in [-0.2, -0.15) is 8.75 Å².